The number of carbonyl (C=O) groups excluding carboxylic acids is 1. The van der Waals surface area contributed by atoms with Gasteiger partial charge >= 0.3 is 0 Å². The molecule has 2 atom stereocenters. The van der Waals surface area contributed by atoms with Crippen LogP contribution in [-0.4, -0.2) is 41.0 Å². The lowest BCUT2D eigenvalue weighted by Crippen LogP contribution is -2.34. The van der Waals surface area contributed by atoms with E-state index in [9.17, 15) is 9.59 Å². The van der Waals surface area contributed by atoms with Crippen LogP contribution in [0.3, 0.4) is 0 Å². The molecule has 0 saturated heterocycles. The van der Waals surface area contributed by atoms with Crippen molar-refractivity contribution in [3.8, 4) is 0 Å². The normalized spacial score (nSPS) is 13.2. The summed E-state index contributed by atoms with van der Waals surface area (Å²) < 4.78 is 6.74. The van der Waals surface area contributed by atoms with E-state index < -0.39 is 5.25 Å². The van der Waals surface area contributed by atoms with Gasteiger partial charge in [0.05, 0.1) is 29.3 Å². The Bertz CT molecular complexity index is 1050. The molecule has 7 heteroatoms. The number of fused-ring (bicyclic) bond motifs is 1. The minimum atomic E-state index is -0.394. The van der Waals surface area contributed by atoms with E-state index in [1.54, 1.807) is 17.7 Å². The van der Waals surface area contributed by atoms with Crippen molar-refractivity contribution in [2.75, 3.05) is 20.3 Å². The van der Waals surface area contributed by atoms with Gasteiger partial charge in [0.25, 0.3) is 5.56 Å². The third-order valence-corrected chi connectivity index (χ3v) is 6.04. The molecule has 30 heavy (non-hydrogen) atoms. The maximum absolute atomic E-state index is 12.9. The third kappa shape index (κ3) is 5.29. The highest BCUT2D eigenvalue weighted by Gasteiger charge is 2.20. The van der Waals surface area contributed by atoms with Crippen molar-refractivity contribution in [3.63, 3.8) is 0 Å². The number of rotatable bonds is 9. The van der Waals surface area contributed by atoms with Gasteiger partial charge < -0.3 is 10.1 Å². The lowest BCUT2D eigenvalue weighted by atomic mass is 10.0. The Balaban J connectivity index is 1.74. The Labute approximate surface area is 180 Å². The van der Waals surface area contributed by atoms with Crippen LogP contribution >= 0.6 is 11.8 Å². The number of hydrogen-bond donors (Lipinski definition) is 1. The summed E-state index contributed by atoms with van der Waals surface area (Å²) in [6.45, 7) is 5.24. The second-order valence-electron chi connectivity index (χ2n) is 7.18. The van der Waals surface area contributed by atoms with E-state index in [0.29, 0.717) is 35.8 Å². The Hall–Kier alpha value is -2.64. The molecule has 0 spiro atoms. The lowest BCUT2D eigenvalue weighted by Gasteiger charge is -2.18. The van der Waals surface area contributed by atoms with E-state index in [4.69, 9.17) is 4.74 Å². The van der Waals surface area contributed by atoms with Crippen LogP contribution in [0, 0.1) is 0 Å². The molecule has 2 aromatic carbocycles. The van der Waals surface area contributed by atoms with E-state index >= 15 is 0 Å². The predicted octanol–water partition coefficient (Wildman–Crippen LogP) is 3.44. The van der Waals surface area contributed by atoms with Gasteiger partial charge in [-0.1, -0.05) is 61.2 Å². The summed E-state index contributed by atoms with van der Waals surface area (Å²) in [7, 11) is 1.59. The zero-order valence-corrected chi connectivity index (χ0v) is 18.3. The van der Waals surface area contributed by atoms with Crippen LogP contribution in [0.2, 0.25) is 0 Å². The first-order valence-electron chi connectivity index (χ1n) is 9.99. The molecule has 0 saturated carbocycles. The molecule has 0 radical (unpaired) electrons. The number of para-hydroxylation sites is 1. The lowest BCUT2D eigenvalue weighted by molar-refractivity contribution is -0.120. The Morgan fingerprint density at radius 2 is 1.83 bits per heavy atom. The first-order valence-corrected chi connectivity index (χ1v) is 10.9. The van der Waals surface area contributed by atoms with E-state index in [-0.39, 0.29) is 17.4 Å². The molecule has 1 N–H and O–H groups in total. The van der Waals surface area contributed by atoms with Gasteiger partial charge in [-0.05, 0) is 30.5 Å². The Kier molecular flexibility index (Phi) is 7.65. The van der Waals surface area contributed by atoms with Crippen molar-refractivity contribution in [3.05, 3.63) is 70.5 Å². The molecule has 1 aromatic heterocycles. The molecule has 3 aromatic rings. The average Bonchev–Trinajstić information content (AvgIpc) is 2.77. The van der Waals surface area contributed by atoms with Crippen LogP contribution < -0.4 is 10.9 Å². The molecule has 0 aliphatic rings. The largest absolute Gasteiger partial charge is 0.383 e. The maximum Gasteiger partial charge on any atom is 0.262 e. The quantitative estimate of drug-likeness (QED) is 0.420. The summed E-state index contributed by atoms with van der Waals surface area (Å²) in [5.74, 6) is 0.134. The number of benzene rings is 2. The molecule has 6 nitrogen and oxygen atoms in total. The monoisotopic (exact) mass is 425 g/mol. The van der Waals surface area contributed by atoms with Crippen molar-refractivity contribution in [1.29, 1.82) is 0 Å². The minimum absolute atomic E-state index is 0.0801. The maximum atomic E-state index is 12.9. The molecular formula is C23H27N3O3S. The summed E-state index contributed by atoms with van der Waals surface area (Å²) in [5, 5.41) is 3.71. The fourth-order valence-corrected chi connectivity index (χ4v) is 4.08. The SMILES string of the molecule is COCCn1c(S[C@H](C)C(=O)NC[C@@H](C)c2ccccc2)nc2ccccc2c1=O. The molecule has 1 heterocycles. The summed E-state index contributed by atoms with van der Waals surface area (Å²) in [6.07, 6.45) is 0. The van der Waals surface area contributed by atoms with Crippen LogP contribution in [0.5, 0.6) is 0 Å². The van der Waals surface area contributed by atoms with Gasteiger partial charge in [0.1, 0.15) is 0 Å². The first-order chi connectivity index (χ1) is 14.5. The molecule has 0 bridgehead atoms. The van der Waals surface area contributed by atoms with Crippen molar-refractivity contribution >= 4 is 28.6 Å². The second kappa shape index (κ2) is 10.4. The van der Waals surface area contributed by atoms with Gasteiger partial charge in [0.15, 0.2) is 5.16 Å². The third-order valence-electron chi connectivity index (χ3n) is 4.95. The molecule has 0 aliphatic heterocycles. The topological polar surface area (TPSA) is 73.2 Å². The van der Waals surface area contributed by atoms with Crippen LogP contribution in [-0.2, 0) is 16.1 Å². The van der Waals surface area contributed by atoms with E-state index in [0.717, 1.165) is 0 Å². The fourth-order valence-electron chi connectivity index (χ4n) is 3.13. The van der Waals surface area contributed by atoms with Crippen molar-refractivity contribution < 1.29 is 9.53 Å². The number of methoxy groups -OCH3 is 1. The zero-order chi connectivity index (χ0) is 21.5. The van der Waals surface area contributed by atoms with Crippen molar-refractivity contribution in [2.24, 2.45) is 0 Å². The molecule has 3 rings (SSSR count). The van der Waals surface area contributed by atoms with Crippen molar-refractivity contribution in [2.45, 2.75) is 36.7 Å². The van der Waals surface area contributed by atoms with Gasteiger partial charge in [0, 0.05) is 13.7 Å². The number of aromatic nitrogens is 2. The second-order valence-corrected chi connectivity index (χ2v) is 8.49. The number of ether oxygens (including phenoxy) is 1. The summed E-state index contributed by atoms with van der Waals surface area (Å²) >= 11 is 1.29. The van der Waals surface area contributed by atoms with Crippen LogP contribution in [0.4, 0.5) is 0 Å². The summed E-state index contributed by atoms with van der Waals surface area (Å²) in [5.41, 5.74) is 1.69. The summed E-state index contributed by atoms with van der Waals surface area (Å²) in [4.78, 5) is 30.3. The van der Waals surface area contributed by atoms with Crippen LogP contribution in [0.15, 0.2) is 64.5 Å². The Morgan fingerprint density at radius 3 is 2.57 bits per heavy atom. The number of hydrogen-bond acceptors (Lipinski definition) is 5. The van der Waals surface area contributed by atoms with Gasteiger partial charge in [-0.3, -0.25) is 14.2 Å². The van der Waals surface area contributed by atoms with Crippen LogP contribution in [0.25, 0.3) is 10.9 Å². The number of carbonyl (C=O) groups is 1. The van der Waals surface area contributed by atoms with E-state index in [1.807, 2.05) is 43.3 Å². The van der Waals surface area contributed by atoms with Gasteiger partial charge in [0.2, 0.25) is 5.91 Å². The van der Waals surface area contributed by atoms with Gasteiger partial charge in [-0.2, -0.15) is 0 Å². The number of nitrogens with zero attached hydrogens (tertiary/aromatic N) is 2. The molecule has 1 amide bonds. The molecule has 158 valence electrons. The van der Waals surface area contributed by atoms with Crippen LogP contribution in [0.1, 0.15) is 25.3 Å². The molecule has 0 aliphatic carbocycles. The summed E-state index contributed by atoms with van der Waals surface area (Å²) in [6, 6.07) is 17.3. The van der Waals surface area contributed by atoms with Gasteiger partial charge in [-0.25, -0.2) is 4.98 Å². The number of nitrogens with one attached hydrogen (secondary N) is 1. The van der Waals surface area contributed by atoms with Gasteiger partial charge in [-0.15, -0.1) is 0 Å². The van der Waals surface area contributed by atoms with E-state index in [1.165, 1.54) is 17.3 Å². The predicted molar refractivity (Wildman–Crippen MR) is 121 cm³/mol. The smallest absolute Gasteiger partial charge is 0.262 e. The molecule has 0 fully saturated rings. The van der Waals surface area contributed by atoms with E-state index in [2.05, 4.69) is 29.4 Å². The highest BCUT2D eigenvalue weighted by Crippen LogP contribution is 2.23. The standard InChI is InChI=1S/C23H27N3O3S/c1-16(18-9-5-4-6-10-18)15-24-21(27)17(2)30-23-25-20-12-8-7-11-19(20)22(28)26(23)13-14-29-3/h4-12,16-17H,13-15H2,1-3H3,(H,24,27)/t16-,17-/m1/s1. The molecular weight excluding hydrogens is 398 g/mol. The zero-order valence-electron chi connectivity index (χ0n) is 17.5. The van der Waals surface area contributed by atoms with Crippen molar-refractivity contribution in [1.82, 2.24) is 14.9 Å². The molecule has 0 unspecified atom stereocenters. The average molecular weight is 426 g/mol. The number of amides is 1. The highest BCUT2D eigenvalue weighted by atomic mass is 32.2. The Morgan fingerprint density at radius 1 is 1.13 bits per heavy atom. The first kappa shape index (κ1) is 22.1. The highest BCUT2D eigenvalue weighted by molar-refractivity contribution is 8.00. The fraction of sp³-hybridized carbons (Fsp3) is 0.348. The number of thioether (sulfide) groups is 1. The minimum Gasteiger partial charge on any atom is -0.383 e.